The van der Waals surface area contributed by atoms with Gasteiger partial charge in [-0.05, 0) is 99.4 Å². The van der Waals surface area contributed by atoms with Crippen LogP contribution in [0.25, 0.3) is 0 Å². The molecule has 0 bridgehead atoms. The quantitative estimate of drug-likeness (QED) is 0.105. The number of rotatable bonds is 11. The fraction of sp³-hybridized carbons (Fsp3) is 0.744. The van der Waals surface area contributed by atoms with Crippen LogP contribution in [0, 0.1) is 5.41 Å². The van der Waals surface area contributed by atoms with Crippen LogP contribution in [0.3, 0.4) is 0 Å². The Hall–Kier alpha value is -3.32. The zero-order valence-electron chi connectivity index (χ0n) is 33.9. The Bertz CT molecular complexity index is 1380. The maximum atomic E-state index is 14.5. The van der Waals surface area contributed by atoms with E-state index in [1.54, 1.807) is 41.5 Å². The largest absolute Gasteiger partial charge is 0.459 e. The van der Waals surface area contributed by atoms with Crippen molar-refractivity contribution in [2.45, 2.75) is 175 Å². The van der Waals surface area contributed by atoms with Crippen molar-refractivity contribution < 1.29 is 42.7 Å². The topological polar surface area (TPSA) is 142 Å². The molecule has 2 aliphatic heterocycles. The number of unbranched alkanes of at least 4 members (excludes halogenated alkanes) is 1. The number of nitrogens with zero attached hydrogens (tertiary/aromatic N) is 1. The van der Waals surface area contributed by atoms with E-state index in [0.29, 0.717) is 25.6 Å². The summed E-state index contributed by atoms with van der Waals surface area (Å²) in [5, 5.41) is 5.85. The molecule has 12 nitrogen and oxygen atoms in total. The van der Waals surface area contributed by atoms with E-state index in [0.717, 1.165) is 5.56 Å². The van der Waals surface area contributed by atoms with E-state index in [1.807, 2.05) is 78.8 Å². The molecular formula is C39H64BN3O9. The molecule has 0 aliphatic carbocycles. The zero-order chi connectivity index (χ0) is 39.3. The molecule has 0 radical (unpaired) electrons. The molecule has 0 saturated carbocycles. The van der Waals surface area contributed by atoms with Gasteiger partial charge in [-0.2, -0.15) is 0 Å². The summed E-state index contributed by atoms with van der Waals surface area (Å²) in [6.07, 6.45) is 1.15. The third kappa shape index (κ3) is 11.8. The van der Waals surface area contributed by atoms with Crippen molar-refractivity contribution in [1.82, 2.24) is 15.5 Å². The number of ether oxygens (including phenoxy) is 3. The maximum absolute atomic E-state index is 14.5. The van der Waals surface area contributed by atoms with Crippen LogP contribution >= 0.6 is 0 Å². The average molecular weight is 730 g/mol. The van der Waals surface area contributed by atoms with Crippen LogP contribution in [-0.4, -0.2) is 82.7 Å². The first kappa shape index (κ1) is 43.1. The first-order chi connectivity index (χ1) is 23.7. The fourth-order valence-electron chi connectivity index (χ4n) is 6.41. The molecule has 52 heavy (non-hydrogen) atoms. The van der Waals surface area contributed by atoms with Crippen LogP contribution in [0.1, 0.15) is 128 Å². The molecule has 2 aliphatic rings. The number of amides is 3. The normalized spacial score (nSPS) is 22.3. The summed E-state index contributed by atoms with van der Waals surface area (Å²) in [4.78, 5) is 56.6. The molecule has 3 atom stereocenters. The zero-order valence-corrected chi connectivity index (χ0v) is 33.9. The Kier molecular flexibility index (Phi) is 13.6. The second-order valence-electron chi connectivity index (χ2n) is 18.3. The molecular weight excluding hydrogens is 665 g/mol. The van der Waals surface area contributed by atoms with Crippen molar-refractivity contribution in [3.05, 3.63) is 35.9 Å². The number of nitrogens with one attached hydrogen (secondary N) is 2. The minimum atomic E-state index is -1.46. The van der Waals surface area contributed by atoms with Crippen LogP contribution in [0.4, 0.5) is 9.59 Å². The van der Waals surface area contributed by atoms with Gasteiger partial charge in [0.15, 0.2) is 0 Å². The van der Waals surface area contributed by atoms with Crippen molar-refractivity contribution in [3.63, 3.8) is 0 Å². The molecule has 1 aromatic rings. The minimum Gasteiger partial charge on any atom is -0.459 e. The van der Waals surface area contributed by atoms with Gasteiger partial charge in [0.05, 0.1) is 11.2 Å². The van der Waals surface area contributed by atoms with Crippen LogP contribution in [0.5, 0.6) is 0 Å². The van der Waals surface area contributed by atoms with Crippen molar-refractivity contribution in [2.75, 3.05) is 6.54 Å². The summed E-state index contributed by atoms with van der Waals surface area (Å²) < 4.78 is 29.7. The second kappa shape index (κ2) is 16.4. The van der Waals surface area contributed by atoms with E-state index in [2.05, 4.69) is 10.6 Å². The smallest absolute Gasteiger partial charge is 0.457 e. The Morgan fingerprint density at radius 1 is 0.885 bits per heavy atom. The number of alkyl carbamates (subject to hydrolysis) is 1. The third-order valence-corrected chi connectivity index (χ3v) is 9.73. The van der Waals surface area contributed by atoms with Gasteiger partial charge < -0.3 is 34.2 Å². The molecule has 2 N–H and O–H groups in total. The lowest BCUT2D eigenvalue weighted by Crippen LogP contribution is -2.66. The summed E-state index contributed by atoms with van der Waals surface area (Å²) >= 11 is 0. The standard InChI is InChI=1S/C39H64BN3O9/c1-34(2,3)29(42-32(46)49-35(4,5)6)30(44)41-28-21-24-43(33(47)50-36(7,8)9)39(25-28,31(45)48-26-27-19-15-14-16-20-27)22-17-18-23-40-51-37(10,11)38(12,13)52-40/h14-16,19-20,28-29H,17-18,21-26H2,1-13H3,(H,41,44)(H,42,46)/t28-,29+,39+/m0/s1. The number of carbonyl (C=O) groups is 4. The number of hydrogen-bond donors (Lipinski definition) is 2. The predicted octanol–water partition coefficient (Wildman–Crippen LogP) is 7.19. The highest BCUT2D eigenvalue weighted by molar-refractivity contribution is 6.45. The number of likely N-dealkylation sites (tertiary alicyclic amines) is 1. The first-order valence-electron chi connectivity index (χ1n) is 18.6. The van der Waals surface area contributed by atoms with Gasteiger partial charge in [-0.1, -0.05) is 63.9 Å². The minimum absolute atomic E-state index is 0.0143. The summed E-state index contributed by atoms with van der Waals surface area (Å²) in [7, 11) is -0.405. The Labute approximate surface area is 311 Å². The number of carbonyl (C=O) groups excluding carboxylic acids is 4. The molecule has 2 fully saturated rings. The van der Waals surface area contributed by atoms with Crippen LogP contribution in [0.15, 0.2) is 30.3 Å². The van der Waals surface area contributed by atoms with Crippen LogP contribution in [-0.2, 0) is 39.7 Å². The third-order valence-electron chi connectivity index (χ3n) is 9.73. The fourth-order valence-corrected chi connectivity index (χ4v) is 6.41. The Morgan fingerprint density at radius 2 is 1.46 bits per heavy atom. The van der Waals surface area contributed by atoms with Crippen LogP contribution in [0.2, 0.25) is 6.32 Å². The van der Waals surface area contributed by atoms with Crippen molar-refractivity contribution >= 4 is 31.2 Å². The van der Waals surface area contributed by atoms with E-state index in [-0.39, 0.29) is 26.0 Å². The van der Waals surface area contributed by atoms with Gasteiger partial charge in [0, 0.05) is 19.0 Å². The maximum Gasteiger partial charge on any atom is 0.457 e. The van der Waals surface area contributed by atoms with Crippen molar-refractivity contribution in [3.8, 4) is 0 Å². The van der Waals surface area contributed by atoms with Gasteiger partial charge in [0.25, 0.3) is 0 Å². The summed E-state index contributed by atoms with van der Waals surface area (Å²) in [6, 6.07) is 7.88. The van der Waals surface area contributed by atoms with E-state index < -0.39 is 76.6 Å². The SMILES string of the molecule is CC(C)(C)OC(=O)N[C@H](C(=O)N[C@H]1CCN(C(=O)OC(C)(C)C)[C@@](CCCCB2OC(C)(C)C(C)(C)O2)(C(=O)OCc2ccccc2)C1)C(C)(C)C. The van der Waals surface area contributed by atoms with Crippen molar-refractivity contribution in [1.29, 1.82) is 0 Å². The molecule has 0 aromatic heterocycles. The highest BCUT2D eigenvalue weighted by Crippen LogP contribution is 2.40. The van der Waals surface area contributed by atoms with Gasteiger partial charge in [0.2, 0.25) is 5.91 Å². The van der Waals surface area contributed by atoms with Gasteiger partial charge in [-0.25, -0.2) is 14.4 Å². The second-order valence-corrected chi connectivity index (χ2v) is 18.3. The van der Waals surface area contributed by atoms with Gasteiger partial charge in [-0.3, -0.25) is 9.69 Å². The summed E-state index contributed by atoms with van der Waals surface area (Å²) in [6.45, 7) is 24.3. The van der Waals surface area contributed by atoms with Crippen molar-refractivity contribution in [2.24, 2.45) is 5.41 Å². The first-order valence-corrected chi connectivity index (χ1v) is 18.6. The lowest BCUT2D eigenvalue weighted by Gasteiger charge is -2.48. The van der Waals surface area contributed by atoms with Gasteiger partial charge in [0.1, 0.15) is 29.4 Å². The van der Waals surface area contributed by atoms with E-state index >= 15 is 0 Å². The van der Waals surface area contributed by atoms with Gasteiger partial charge in [-0.15, -0.1) is 0 Å². The molecule has 292 valence electrons. The summed E-state index contributed by atoms with van der Waals surface area (Å²) in [5.41, 5.74) is -3.82. The molecule has 0 spiro atoms. The van der Waals surface area contributed by atoms with E-state index in [1.165, 1.54) is 4.90 Å². The predicted molar refractivity (Wildman–Crippen MR) is 200 cm³/mol. The highest BCUT2D eigenvalue weighted by Gasteiger charge is 2.54. The Balaban J connectivity index is 1.92. The monoisotopic (exact) mass is 729 g/mol. The molecule has 1 aromatic carbocycles. The number of hydrogen-bond acceptors (Lipinski definition) is 9. The van der Waals surface area contributed by atoms with Crippen LogP contribution < -0.4 is 10.6 Å². The number of esters is 1. The lowest BCUT2D eigenvalue weighted by molar-refractivity contribution is -0.164. The molecule has 3 amide bonds. The van der Waals surface area contributed by atoms with Gasteiger partial charge >= 0.3 is 25.3 Å². The molecule has 0 unspecified atom stereocenters. The number of piperidine rings is 1. The lowest BCUT2D eigenvalue weighted by atomic mass is 9.77. The summed E-state index contributed by atoms with van der Waals surface area (Å²) in [5.74, 6) is -0.988. The molecule has 3 rings (SSSR count). The van der Waals surface area contributed by atoms with E-state index in [9.17, 15) is 19.2 Å². The Morgan fingerprint density at radius 3 is 2.00 bits per heavy atom. The highest BCUT2D eigenvalue weighted by atomic mass is 16.7. The van der Waals surface area contributed by atoms with E-state index in [4.69, 9.17) is 23.5 Å². The number of benzene rings is 1. The molecule has 2 saturated heterocycles. The average Bonchev–Trinajstić information content (AvgIpc) is 3.20. The molecule has 2 heterocycles. The molecule has 13 heteroatoms.